The van der Waals surface area contributed by atoms with Crippen LogP contribution in [0.15, 0.2) is 48.7 Å². The number of aromatic nitrogens is 1. The van der Waals surface area contributed by atoms with Gasteiger partial charge in [-0.1, -0.05) is 24.3 Å². The van der Waals surface area contributed by atoms with Gasteiger partial charge >= 0.3 is 6.03 Å². The number of benzene rings is 2. The summed E-state index contributed by atoms with van der Waals surface area (Å²) in [6, 6.07) is 12.4. The van der Waals surface area contributed by atoms with Crippen LogP contribution in [0.25, 0.3) is 10.9 Å². The van der Waals surface area contributed by atoms with E-state index in [0.29, 0.717) is 30.0 Å². The van der Waals surface area contributed by atoms with Crippen molar-refractivity contribution in [1.82, 2.24) is 20.5 Å². The van der Waals surface area contributed by atoms with Gasteiger partial charge in [0.2, 0.25) is 12.7 Å². The number of rotatable bonds is 6. The Kier molecular flexibility index (Phi) is 4.73. The van der Waals surface area contributed by atoms with Gasteiger partial charge < -0.3 is 25.1 Å². The molecule has 0 radical (unpaired) electrons. The summed E-state index contributed by atoms with van der Waals surface area (Å²) in [6.45, 7) is 1.77. The predicted molar refractivity (Wildman–Crippen MR) is 115 cm³/mol. The normalized spacial score (nSPS) is 19.5. The standard InChI is InChI=1S/C23H22N4O5/c1-23(15-6-7-18-19(10-15)32-13-31-18)21(29)27(22(30)26-23)12-20(28)24-9-8-14-11-25-17-5-3-2-4-16(14)17/h2-7,10-11,25H,8-9,12-13H2,1H3,(H,24,28)(H,26,30). The average molecular weight is 434 g/mol. The fourth-order valence-corrected chi connectivity index (χ4v) is 4.12. The van der Waals surface area contributed by atoms with Crippen LogP contribution in [0.4, 0.5) is 4.79 Å². The zero-order valence-electron chi connectivity index (χ0n) is 17.4. The van der Waals surface area contributed by atoms with Gasteiger partial charge in [0.1, 0.15) is 12.1 Å². The molecule has 1 unspecified atom stereocenters. The molecule has 0 spiro atoms. The molecule has 3 aromatic rings. The third-order valence-corrected chi connectivity index (χ3v) is 5.92. The van der Waals surface area contributed by atoms with E-state index in [-0.39, 0.29) is 13.3 Å². The maximum atomic E-state index is 13.1. The van der Waals surface area contributed by atoms with E-state index in [1.54, 1.807) is 25.1 Å². The molecule has 9 nitrogen and oxygen atoms in total. The lowest BCUT2D eigenvalue weighted by Gasteiger charge is -2.22. The van der Waals surface area contributed by atoms with E-state index in [0.717, 1.165) is 21.4 Å². The third kappa shape index (κ3) is 3.31. The molecule has 0 aliphatic carbocycles. The van der Waals surface area contributed by atoms with Gasteiger partial charge in [-0.3, -0.25) is 14.5 Å². The minimum Gasteiger partial charge on any atom is -0.454 e. The minimum atomic E-state index is -1.29. The van der Waals surface area contributed by atoms with Gasteiger partial charge in [0, 0.05) is 23.6 Å². The van der Waals surface area contributed by atoms with Crippen LogP contribution < -0.4 is 20.1 Å². The fourth-order valence-electron chi connectivity index (χ4n) is 4.12. The predicted octanol–water partition coefficient (Wildman–Crippen LogP) is 2.02. The molecule has 164 valence electrons. The summed E-state index contributed by atoms with van der Waals surface area (Å²) in [5, 5.41) is 6.60. The van der Waals surface area contributed by atoms with Crippen LogP contribution in [0.3, 0.4) is 0 Å². The summed E-state index contributed by atoms with van der Waals surface area (Å²) >= 11 is 0. The molecule has 2 aliphatic heterocycles. The summed E-state index contributed by atoms with van der Waals surface area (Å²) in [5.41, 5.74) is 1.40. The van der Waals surface area contributed by atoms with Gasteiger partial charge in [-0.15, -0.1) is 0 Å². The van der Waals surface area contributed by atoms with Crippen LogP contribution >= 0.6 is 0 Å². The van der Waals surface area contributed by atoms with E-state index in [1.165, 1.54) is 0 Å². The lowest BCUT2D eigenvalue weighted by molar-refractivity contribution is -0.134. The quantitative estimate of drug-likeness (QED) is 0.514. The number of nitrogens with zero attached hydrogens (tertiary/aromatic N) is 1. The highest BCUT2D eigenvalue weighted by Crippen LogP contribution is 2.37. The molecule has 1 atom stereocenters. The molecule has 9 heteroatoms. The molecule has 1 saturated heterocycles. The van der Waals surface area contributed by atoms with Gasteiger partial charge in [0.05, 0.1) is 0 Å². The first-order valence-corrected chi connectivity index (χ1v) is 10.3. The number of urea groups is 1. The summed E-state index contributed by atoms with van der Waals surface area (Å²) in [7, 11) is 0. The Morgan fingerprint density at radius 1 is 1.16 bits per heavy atom. The van der Waals surface area contributed by atoms with E-state index in [1.807, 2.05) is 30.5 Å². The van der Waals surface area contributed by atoms with Crippen molar-refractivity contribution < 1.29 is 23.9 Å². The van der Waals surface area contributed by atoms with Crippen molar-refractivity contribution in [3.05, 3.63) is 59.8 Å². The first-order chi connectivity index (χ1) is 15.5. The lowest BCUT2D eigenvalue weighted by atomic mass is 9.91. The number of carbonyl (C=O) groups is 3. The van der Waals surface area contributed by atoms with Crippen molar-refractivity contribution in [2.45, 2.75) is 18.9 Å². The van der Waals surface area contributed by atoms with Gasteiger partial charge in [-0.2, -0.15) is 0 Å². The Morgan fingerprint density at radius 3 is 2.84 bits per heavy atom. The van der Waals surface area contributed by atoms with Crippen molar-refractivity contribution in [3.63, 3.8) is 0 Å². The van der Waals surface area contributed by atoms with E-state index in [2.05, 4.69) is 15.6 Å². The van der Waals surface area contributed by atoms with Crippen LogP contribution in [0, 0.1) is 0 Å². The van der Waals surface area contributed by atoms with E-state index >= 15 is 0 Å². The number of H-pyrrole nitrogens is 1. The smallest absolute Gasteiger partial charge is 0.325 e. The first-order valence-electron chi connectivity index (χ1n) is 10.3. The van der Waals surface area contributed by atoms with Crippen LogP contribution in [0.5, 0.6) is 11.5 Å². The molecular weight excluding hydrogens is 412 g/mol. The molecule has 1 fully saturated rings. The number of amides is 4. The number of carbonyl (C=O) groups excluding carboxylic acids is 3. The highest BCUT2D eigenvalue weighted by molar-refractivity contribution is 6.09. The molecule has 0 saturated carbocycles. The topological polar surface area (TPSA) is 113 Å². The molecule has 3 N–H and O–H groups in total. The molecule has 4 amide bonds. The third-order valence-electron chi connectivity index (χ3n) is 5.92. The largest absolute Gasteiger partial charge is 0.454 e. The van der Waals surface area contributed by atoms with E-state index in [4.69, 9.17) is 9.47 Å². The zero-order chi connectivity index (χ0) is 22.3. The number of para-hydroxylation sites is 1. The number of ether oxygens (including phenoxy) is 2. The SMILES string of the molecule is CC1(c2ccc3c(c2)OCO3)NC(=O)N(CC(=O)NCCc2c[nH]c3ccccc23)C1=O. The molecule has 3 heterocycles. The molecule has 32 heavy (non-hydrogen) atoms. The van der Waals surface area contributed by atoms with Crippen molar-refractivity contribution in [2.75, 3.05) is 19.9 Å². The number of hydrogen-bond acceptors (Lipinski definition) is 5. The highest BCUT2D eigenvalue weighted by atomic mass is 16.7. The van der Waals surface area contributed by atoms with Gasteiger partial charge in [-0.05, 0) is 42.7 Å². The number of nitrogens with one attached hydrogen (secondary N) is 3. The van der Waals surface area contributed by atoms with Crippen molar-refractivity contribution in [3.8, 4) is 11.5 Å². The van der Waals surface area contributed by atoms with Gasteiger partial charge in [-0.25, -0.2) is 4.79 Å². The van der Waals surface area contributed by atoms with Crippen molar-refractivity contribution >= 4 is 28.7 Å². The van der Waals surface area contributed by atoms with Crippen molar-refractivity contribution in [1.29, 1.82) is 0 Å². The summed E-state index contributed by atoms with van der Waals surface area (Å²) < 4.78 is 10.7. The number of imide groups is 1. The van der Waals surface area contributed by atoms with Crippen LogP contribution in [0.1, 0.15) is 18.1 Å². The minimum absolute atomic E-state index is 0.112. The molecule has 2 aromatic carbocycles. The van der Waals surface area contributed by atoms with Crippen molar-refractivity contribution in [2.24, 2.45) is 0 Å². The first kappa shape index (κ1) is 19.9. The second-order valence-electron chi connectivity index (χ2n) is 7.97. The van der Waals surface area contributed by atoms with E-state index < -0.39 is 23.4 Å². The van der Waals surface area contributed by atoms with Crippen LogP contribution in [-0.4, -0.2) is 47.6 Å². The van der Waals surface area contributed by atoms with Gasteiger partial charge in [0.15, 0.2) is 11.5 Å². The monoisotopic (exact) mass is 434 g/mol. The Hall–Kier alpha value is -4.01. The fraction of sp³-hybridized carbons (Fsp3) is 0.261. The van der Waals surface area contributed by atoms with Gasteiger partial charge in [0.25, 0.3) is 5.91 Å². The number of fused-ring (bicyclic) bond motifs is 2. The maximum Gasteiger partial charge on any atom is 0.325 e. The van der Waals surface area contributed by atoms with E-state index in [9.17, 15) is 14.4 Å². The number of aromatic amines is 1. The molecule has 5 rings (SSSR count). The number of hydrogen-bond donors (Lipinski definition) is 3. The molecule has 2 aliphatic rings. The average Bonchev–Trinajstić information content (AvgIpc) is 3.48. The summed E-state index contributed by atoms with van der Waals surface area (Å²) in [5.74, 6) is 0.205. The second kappa shape index (κ2) is 7.60. The highest BCUT2D eigenvalue weighted by Gasteiger charge is 2.49. The zero-order valence-corrected chi connectivity index (χ0v) is 17.4. The Labute approximate surface area is 183 Å². The molecular formula is C23H22N4O5. The Morgan fingerprint density at radius 2 is 1.97 bits per heavy atom. The second-order valence-corrected chi connectivity index (χ2v) is 7.97. The molecule has 0 bridgehead atoms. The molecule has 1 aromatic heterocycles. The van der Waals surface area contributed by atoms with Crippen LogP contribution in [0.2, 0.25) is 0 Å². The Balaban J connectivity index is 1.22. The van der Waals surface area contributed by atoms with Crippen LogP contribution in [-0.2, 0) is 21.5 Å². The summed E-state index contributed by atoms with van der Waals surface area (Å²) in [6.07, 6.45) is 2.55. The lowest BCUT2D eigenvalue weighted by Crippen LogP contribution is -2.43. The summed E-state index contributed by atoms with van der Waals surface area (Å²) in [4.78, 5) is 42.2. The maximum absolute atomic E-state index is 13.1. The Bertz CT molecular complexity index is 1240.